The van der Waals surface area contributed by atoms with Crippen LogP contribution in [0.3, 0.4) is 0 Å². The minimum absolute atomic E-state index is 0.00590. The number of nitrogens with zero attached hydrogens (tertiary/aromatic N) is 3. The number of hydrogen-bond donors (Lipinski definition) is 1. The van der Waals surface area contributed by atoms with Gasteiger partial charge in [-0.25, -0.2) is 4.98 Å². The molecule has 2 rings (SSSR count). The highest BCUT2D eigenvalue weighted by Gasteiger charge is 2.37. The van der Waals surface area contributed by atoms with Crippen LogP contribution < -0.4 is 0 Å². The van der Waals surface area contributed by atoms with Crippen LogP contribution in [0.2, 0.25) is 0 Å². The van der Waals surface area contributed by atoms with Gasteiger partial charge in [0.05, 0.1) is 6.10 Å². The van der Waals surface area contributed by atoms with Crippen molar-refractivity contribution in [1.29, 1.82) is 0 Å². The van der Waals surface area contributed by atoms with Crippen molar-refractivity contribution in [1.82, 2.24) is 14.8 Å². The van der Waals surface area contributed by atoms with Crippen molar-refractivity contribution < 1.29 is 5.11 Å². The summed E-state index contributed by atoms with van der Waals surface area (Å²) in [4.78, 5) is 4.14. The highest BCUT2D eigenvalue weighted by Crippen LogP contribution is 2.41. The molecule has 5 heteroatoms. The summed E-state index contributed by atoms with van der Waals surface area (Å²) in [7, 11) is 1.86. The minimum atomic E-state index is -0.326. The predicted molar refractivity (Wildman–Crippen MR) is 60.8 cm³/mol. The second-order valence-corrected chi connectivity index (χ2v) is 5.91. The highest BCUT2D eigenvalue weighted by molar-refractivity contribution is 8.00. The smallest absolute Gasteiger partial charge is 0.138 e. The van der Waals surface area contributed by atoms with Crippen molar-refractivity contribution in [3.63, 3.8) is 0 Å². The molecule has 4 nitrogen and oxygen atoms in total. The Labute approximate surface area is 94.1 Å². The topological polar surface area (TPSA) is 50.9 Å². The van der Waals surface area contributed by atoms with E-state index in [9.17, 15) is 5.11 Å². The standard InChI is InChI=1S/C10H17N3OS/c1-10(4-3-5-15-10)8(14)6-9-11-7-12-13(9)2/h7-8,14H,3-6H2,1-2H3. The van der Waals surface area contributed by atoms with E-state index in [1.807, 2.05) is 18.8 Å². The average molecular weight is 227 g/mol. The zero-order chi connectivity index (χ0) is 10.9. The predicted octanol–water partition coefficient (Wildman–Crippen LogP) is 1.00. The number of thioether (sulfide) groups is 1. The van der Waals surface area contributed by atoms with Crippen LogP contribution in [0.25, 0.3) is 0 Å². The Morgan fingerprint density at radius 2 is 2.53 bits per heavy atom. The summed E-state index contributed by atoms with van der Waals surface area (Å²) in [5.74, 6) is 2.02. The van der Waals surface area contributed by atoms with E-state index in [4.69, 9.17) is 0 Å². The van der Waals surface area contributed by atoms with Crippen LogP contribution in [0.15, 0.2) is 6.33 Å². The van der Waals surface area contributed by atoms with Gasteiger partial charge < -0.3 is 5.11 Å². The lowest BCUT2D eigenvalue weighted by Gasteiger charge is -2.28. The summed E-state index contributed by atoms with van der Waals surface area (Å²) < 4.78 is 1.73. The molecule has 1 fully saturated rings. The summed E-state index contributed by atoms with van der Waals surface area (Å²) in [5.41, 5.74) is 0. The van der Waals surface area contributed by atoms with Crippen LogP contribution in [-0.2, 0) is 13.5 Å². The van der Waals surface area contributed by atoms with Gasteiger partial charge in [-0.15, -0.1) is 0 Å². The molecular weight excluding hydrogens is 210 g/mol. The van der Waals surface area contributed by atoms with Gasteiger partial charge >= 0.3 is 0 Å². The number of aliphatic hydroxyl groups excluding tert-OH is 1. The molecule has 0 aliphatic carbocycles. The van der Waals surface area contributed by atoms with E-state index in [0.29, 0.717) is 6.42 Å². The van der Waals surface area contributed by atoms with Gasteiger partial charge in [0.1, 0.15) is 12.2 Å². The number of aromatic nitrogens is 3. The monoisotopic (exact) mass is 227 g/mol. The van der Waals surface area contributed by atoms with E-state index in [1.54, 1.807) is 4.68 Å². The van der Waals surface area contributed by atoms with Crippen molar-refractivity contribution in [2.75, 3.05) is 5.75 Å². The molecule has 1 aliphatic rings. The fraction of sp³-hybridized carbons (Fsp3) is 0.800. The maximum absolute atomic E-state index is 10.2. The number of aliphatic hydroxyl groups is 1. The Kier molecular flexibility index (Phi) is 3.02. The molecule has 0 aromatic carbocycles. The van der Waals surface area contributed by atoms with Crippen LogP contribution in [0.1, 0.15) is 25.6 Å². The first-order valence-electron chi connectivity index (χ1n) is 5.27. The summed E-state index contributed by atoms with van der Waals surface area (Å²) in [5, 5.41) is 14.2. The van der Waals surface area contributed by atoms with Crippen molar-refractivity contribution in [2.45, 2.75) is 37.0 Å². The Bertz CT molecular complexity index is 333. The Morgan fingerprint density at radius 1 is 1.73 bits per heavy atom. The van der Waals surface area contributed by atoms with E-state index in [2.05, 4.69) is 17.0 Å². The Hall–Kier alpha value is -0.550. The molecule has 2 atom stereocenters. The first kappa shape index (κ1) is 11.0. The molecule has 0 amide bonds. The second kappa shape index (κ2) is 4.14. The third kappa shape index (κ3) is 2.18. The van der Waals surface area contributed by atoms with Crippen molar-refractivity contribution in [2.24, 2.45) is 7.05 Å². The van der Waals surface area contributed by atoms with Crippen LogP contribution in [-0.4, -0.2) is 36.5 Å². The summed E-state index contributed by atoms with van der Waals surface area (Å²) in [6.07, 6.45) is 4.10. The summed E-state index contributed by atoms with van der Waals surface area (Å²) in [6, 6.07) is 0. The third-order valence-electron chi connectivity index (χ3n) is 3.14. The van der Waals surface area contributed by atoms with Gasteiger partial charge in [-0.3, -0.25) is 4.68 Å². The molecular formula is C10H17N3OS. The van der Waals surface area contributed by atoms with Gasteiger partial charge in [0, 0.05) is 18.2 Å². The fourth-order valence-electron chi connectivity index (χ4n) is 1.96. The van der Waals surface area contributed by atoms with Gasteiger partial charge in [0.2, 0.25) is 0 Å². The molecule has 1 aliphatic heterocycles. The van der Waals surface area contributed by atoms with Crippen LogP contribution in [0.5, 0.6) is 0 Å². The average Bonchev–Trinajstić information content (AvgIpc) is 2.78. The zero-order valence-electron chi connectivity index (χ0n) is 9.18. The maximum atomic E-state index is 10.2. The van der Waals surface area contributed by atoms with E-state index in [-0.39, 0.29) is 10.9 Å². The van der Waals surface area contributed by atoms with E-state index in [0.717, 1.165) is 18.0 Å². The molecule has 1 N–H and O–H groups in total. The first-order valence-corrected chi connectivity index (χ1v) is 6.25. The molecule has 0 radical (unpaired) electrons. The second-order valence-electron chi connectivity index (χ2n) is 4.28. The van der Waals surface area contributed by atoms with Gasteiger partial charge in [-0.05, 0) is 25.5 Å². The van der Waals surface area contributed by atoms with Gasteiger partial charge in [0.15, 0.2) is 0 Å². The lowest BCUT2D eigenvalue weighted by Crippen LogP contribution is -2.36. The Balaban J connectivity index is 2.03. The van der Waals surface area contributed by atoms with E-state index >= 15 is 0 Å². The van der Waals surface area contributed by atoms with Gasteiger partial charge in [-0.2, -0.15) is 16.9 Å². The highest BCUT2D eigenvalue weighted by atomic mass is 32.2. The molecule has 1 aromatic heterocycles. The summed E-state index contributed by atoms with van der Waals surface area (Å²) >= 11 is 1.87. The molecule has 0 spiro atoms. The maximum Gasteiger partial charge on any atom is 0.138 e. The Morgan fingerprint density at radius 3 is 3.07 bits per heavy atom. The molecule has 0 bridgehead atoms. The normalized spacial score (nSPS) is 28.2. The minimum Gasteiger partial charge on any atom is -0.391 e. The lowest BCUT2D eigenvalue weighted by atomic mass is 9.96. The number of hydrogen-bond acceptors (Lipinski definition) is 4. The molecule has 1 saturated heterocycles. The molecule has 2 heterocycles. The fourth-order valence-corrected chi connectivity index (χ4v) is 3.28. The van der Waals surface area contributed by atoms with E-state index < -0.39 is 0 Å². The first-order chi connectivity index (χ1) is 7.12. The molecule has 1 aromatic rings. The van der Waals surface area contributed by atoms with E-state index in [1.165, 1.54) is 12.7 Å². The molecule has 84 valence electrons. The van der Waals surface area contributed by atoms with Crippen LogP contribution in [0.4, 0.5) is 0 Å². The number of aryl methyl sites for hydroxylation is 1. The van der Waals surface area contributed by atoms with Crippen LogP contribution >= 0.6 is 11.8 Å². The molecule has 15 heavy (non-hydrogen) atoms. The number of rotatable bonds is 3. The summed E-state index contributed by atoms with van der Waals surface area (Å²) in [6.45, 7) is 2.14. The molecule has 2 unspecified atom stereocenters. The van der Waals surface area contributed by atoms with Crippen molar-refractivity contribution in [3.05, 3.63) is 12.2 Å². The SMILES string of the molecule is Cn1ncnc1CC(O)C1(C)CCCS1. The van der Waals surface area contributed by atoms with Crippen molar-refractivity contribution >= 4 is 11.8 Å². The third-order valence-corrected chi connectivity index (χ3v) is 4.76. The molecule has 0 saturated carbocycles. The lowest BCUT2D eigenvalue weighted by molar-refractivity contribution is 0.130. The van der Waals surface area contributed by atoms with Gasteiger partial charge in [0.25, 0.3) is 0 Å². The van der Waals surface area contributed by atoms with Gasteiger partial charge in [-0.1, -0.05) is 0 Å². The van der Waals surface area contributed by atoms with Crippen molar-refractivity contribution in [3.8, 4) is 0 Å². The van der Waals surface area contributed by atoms with Crippen LogP contribution in [0, 0.1) is 0 Å². The zero-order valence-corrected chi connectivity index (χ0v) is 10.00. The largest absolute Gasteiger partial charge is 0.391 e. The quantitative estimate of drug-likeness (QED) is 0.837.